The summed E-state index contributed by atoms with van der Waals surface area (Å²) in [7, 11) is 0. The van der Waals surface area contributed by atoms with Crippen molar-refractivity contribution in [2.24, 2.45) is 23.7 Å². The zero-order valence-electron chi connectivity index (χ0n) is 25.3. The molecule has 1 saturated heterocycles. The number of allylic oxidation sites excluding steroid dienone is 4. The number of carboxylic acid groups (broad SMARTS) is 1. The smallest absolute Gasteiger partial charge is 0.303 e. The van der Waals surface area contributed by atoms with Crippen LogP contribution in [0.2, 0.25) is 0 Å². The number of benzene rings is 3. The van der Waals surface area contributed by atoms with Crippen LogP contribution in [0.5, 0.6) is 5.75 Å². The van der Waals surface area contributed by atoms with Gasteiger partial charge >= 0.3 is 5.97 Å². The lowest BCUT2D eigenvalue weighted by atomic mass is 9.44. The minimum Gasteiger partial charge on any atom is -0.508 e. The van der Waals surface area contributed by atoms with Gasteiger partial charge in [0.15, 0.2) is 11.6 Å². The quantitative estimate of drug-likeness (QED) is 0.235. The molecule has 8 nitrogen and oxygen atoms in total. The maximum atomic E-state index is 15.0. The van der Waals surface area contributed by atoms with Gasteiger partial charge in [0.25, 0.3) is 0 Å². The number of halogens is 1. The van der Waals surface area contributed by atoms with E-state index in [9.17, 15) is 29.1 Å². The Morgan fingerprint density at radius 1 is 0.915 bits per heavy atom. The molecule has 1 saturated carbocycles. The highest BCUT2D eigenvalue weighted by molar-refractivity contribution is 9.10. The Labute approximate surface area is 279 Å². The molecule has 47 heavy (non-hydrogen) atoms. The molecule has 2 N–H and O–H groups in total. The van der Waals surface area contributed by atoms with Gasteiger partial charge in [0.05, 0.1) is 17.3 Å². The van der Waals surface area contributed by atoms with E-state index < -0.39 is 41.0 Å². The summed E-state index contributed by atoms with van der Waals surface area (Å²) in [6.07, 6.45) is 3.77. The molecule has 6 unspecified atom stereocenters. The summed E-state index contributed by atoms with van der Waals surface area (Å²) in [5.74, 6) is -5.96. The van der Waals surface area contributed by atoms with Crippen molar-refractivity contribution >= 4 is 50.9 Å². The molecule has 7 rings (SSSR count). The summed E-state index contributed by atoms with van der Waals surface area (Å²) >= 11 is 3.54. The van der Waals surface area contributed by atoms with Crippen LogP contribution in [0.1, 0.15) is 48.3 Å². The first-order valence-corrected chi connectivity index (χ1v) is 16.6. The van der Waals surface area contributed by atoms with E-state index in [4.69, 9.17) is 5.11 Å². The molecule has 4 aliphatic rings. The van der Waals surface area contributed by atoms with E-state index in [1.165, 1.54) is 11.0 Å². The van der Waals surface area contributed by atoms with Crippen molar-refractivity contribution in [2.45, 2.75) is 37.0 Å². The Hall–Kier alpha value is -4.63. The van der Waals surface area contributed by atoms with Crippen LogP contribution >= 0.6 is 15.9 Å². The van der Waals surface area contributed by atoms with E-state index in [1.807, 2.05) is 54.6 Å². The minimum atomic E-state index is -1.43. The molecule has 9 heteroatoms. The summed E-state index contributed by atoms with van der Waals surface area (Å²) in [5.41, 5.74) is 1.34. The SMILES string of the molecule is O=C(O)CCCN1C(=O)C2CC=C3C(CC4C(=O)C(c5ccccc5)=CC(=O)C4(c4ccccc4)C3c3cc(Br)ccc3O)C2C1=O. The second kappa shape index (κ2) is 11.9. The van der Waals surface area contributed by atoms with Gasteiger partial charge in [0, 0.05) is 40.4 Å². The molecule has 2 amide bonds. The zero-order valence-corrected chi connectivity index (χ0v) is 26.9. The highest BCUT2D eigenvalue weighted by Gasteiger charge is 2.66. The van der Waals surface area contributed by atoms with E-state index in [1.54, 1.807) is 30.3 Å². The third-order valence-electron chi connectivity index (χ3n) is 10.5. The number of phenolic OH excluding ortho intramolecular Hbond substituents is 1. The van der Waals surface area contributed by atoms with E-state index in [0.717, 1.165) is 5.57 Å². The Morgan fingerprint density at radius 2 is 1.62 bits per heavy atom. The van der Waals surface area contributed by atoms with Crippen molar-refractivity contribution in [3.8, 4) is 5.75 Å². The molecule has 3 aromatic rings. The molecule has 0 spiro atoms. The summed E-state index contributed by atoms with van der Waals surface area (Å²) in [6, 6.07) is 23.3. The predicted octanol–water partition coefficient (Wildman–Crippen LogP) is 5.84. The standard InChI is InChI=1S/C38H32BrNO7/c39-23-13-16-30(41)28(18-23)34-24-14-15-25-33(37(47)40(36(25)46)17-7-12-32(43)44)27(24)19-29-35(45)26(21-8-3-1-4-9-21)20-31(42)38(29,34)22-10-5-2-6-11-22/h1-6,8-11,13-14,16,18,20,25,27,29,33-34,41H,7,12,15,17,19H2,(H,43,44). The van der Waals surface area contributed by atoms with Crippen molar-refractivity contribution in [3.05, 3.63) is 118 Å². The number of phenols is 1. The molecule has 3 aliphatic carbocycles. The Morgan fingerprint density at radius 3 is 2.32 bits per heavy atom. The van der Waals surface area contributed by atoms with Gasteiger partial charge in [0.1, 0.15) is 5.75 Å². The van der Waals surface area contributed by atoms with Crippen molar-refractivity contribution in [1.82, 2.24) is 4.90 Å². The zero-order chi connectivity index (χ0) is 33.0. The monoisotopic (exact) mass is 693 g/mol. The number of fused-ring (bicyclic) bond motifs is 4. The second-order valence-electron chi connectivity index (χ2n) is 12.8. The highest BCUT2D eigenvalue weighted by atomic mass is 79.9. The molecule has 6 atom stereocenters. The number of nitrogens with zero attached hydrogens (tertiary/aromatic N) is 1. The molecule has 0 radical (unpaired) electrons. The third kappa shape index (κ3) is 4.82. The summed E-state index contributed by atoms with van der Waals surface area (Å²) < 4.78 is 0.674. The lowest BCUT2D eigenvalue weighted by molar-refractivity contribution is -0.142. The van der Waals surface area contributed by atoms with Crippen molar-refractivity contribution in [3.63, 3.8) is 0 Å². The number of hydrogen-bond acceptors (Lipinski definition) is 6. The fourth-order valence-corrected chi connectivity index (χ4v) is 9.03. The topological polar surface area (TPSA) is 129 Å². The number of carbonyl (C=O) groups excluding carboxylic acids is 4. The molecule has 1 heterocycles. The average molecular weight is 695 g/mol. The minimum absolute atomic E-state index is 0.00452. The molecule has 3 aromatic carbocycles. The first-order valence-electron chi connectivity index (χ1n) is 15.8. The number of ketones is 2. The van der Waals surface area contributed by atoms with Crippen LogP contribution in [-0.4, -0.2) is 51.0 Å². The van der Waals surface area contributed by atoms with Crippen LogP contribution in [0, 0.1) is 23.7 Å². The molecule has 238 valence electrons. The number of carbonyl (C=O) groups is 5. The number of likely N-dealkylation sites (tertiary alicyclic amines) is 1. The second-order valence-corrected chi connectivity index (χ2v) is 13.7. The average Bonchev–Trinajstić information content (AvgIpc) is 3.32. The van der Waals surface area contributed by atoms with Crippen molar-refractivity contribution < 1.29 is 34.2 Å². The van der Waals surface area contributed by atoms with Gasteiger partial charge in [-0.2, -0.15) is 0 Å². The van der Waals surface area contributed by atoms with Gasteiger partial charge in [-0.3, -0.25) is 28.9 Å². The largest absolute Gasteiger partial charge is 0.508 e. The lowest BCUT2D eigenvalue weighted by Gasteiger charge is -2.55. The maximum absolute atomic E-state index is 15.0. The lowest BCUT2D eigenvalue weighted by Crippen LogP contribution is -2.58. The van der Waals surface area contributed by atoms with Crippen LogP contribution in [0.25, 0.3) is 5.57 Å². The van der Waals surface area contributed by atoms with Crippen LogP contribution in [0.4, 0.5) is 0 Å². The van der Waals surface area contributed by atoms with Gasteiger partial charge < -0.3 is 10.2 Å². The fourth-order valence-electron chi connectivity index (χ4n) is 8.65. The molecule has 1 aliphatic heterocycles. The first kappa shape index (κ1) is 31.0. The number of hydrogen-bond donors (Lipinski definition) is 2. The highest BCUT2D eigenvalue weighted by Crippen LogP contribution is 2.64. The number of aromatic hydroxyl groups is 1. The number of aliphatic carboxylic acids is 1. The Kier molecular flexibility index (Phi) is 7.83. The number of rotatable bonds is 7. The molecule has 0 aromatic heterocycles. The molecule has 0 bridgehead atoms. The fraction of sp³-hybridized carbons (Fsp3) is 0.289. The number of amides is 2. The number of carboxylic acids is 1. The van der Waals surface area contributed by atoms with E-state index in [0.29, 0.717) is 26.7 Å². The van der Waals surface area contributed by atoms with Crippen LogP contribution in [0.3, 0.4) is 0 Å². The van der Waals surface area contributed by atoms with Crippen molar-refractivity contribution in [1.29, 1.82) is 0 Å². The van der Waals surface area contributed by atoms with E-state index in [2.05, 4.69) is 15.9 Å². The maximum Gasteiger partial charge on any atom is 0.303 e. The Bertz CT molecular complexity index is 1880. The van der Waals surface area contributed by atoms with E-state index in [-0.39, 0.29) is 61.4 Å². The normalized spacial score (nSPS) is 28.3. The number of imide groups is 1. The van der Waals surface area contributed by atoms with Crippen LogP contribution in [-0.2, 0) is 29.4 Å². The van der Waals surface area contributed by atoms with Gasteiger partial charge in [-0.05, 0) is 60.6 Å². The third-order valence-corrected chi connectivity index (χ3v) is 11.0. The summed E-state index contributed by atoms with van der Waals surface area (Å²) in [4.78, 5) is 69.9. The van der Waals surface area contributed by atoms with E-state index >= 15 is 0 Å². The van der Waals surface area contributed by atoms with Crippen LogP contribution in [0.15, 0.2) is 101 Å². The first-order chi connectivity index (χ1) is 22.6. The van der Waals surface area contributed by atoms with Gasteiger partial charge in [-0.25, -0.2) is 0 Å². The number of Topliss-reactive ketones (excluding diaryl/α,β-unsaturated/α-hetero) is 1. The predicted molar refractivity (Wildman–Crippen MR) is 176 cm³/mol. The molecular weight excluding hydrogens is 662 g/mol. The van der Waals surface area contributed by atoms with Crippen LogP contribution < -0.4 is 0 Å². The summed E-state index contributed by atoms with van der Waals surface area (Å²) in [5, 5.41) is 20.6. The van der Waals surface area contributed by atoms with Gasteiger partial charge in [-0.1, -0.05) is 88.2 Å². The van der Waals surface area contributed by atoms with Crippen molar-refractivity contribution in [2.75, 3.05) is 6.54 Å². The Balaban J connectivity index is 1.45. The molecular formula is C38H32BrNO7. The van der Waals surface area contributed by atoms with Gasteiger partial charge in [0.2, 0.25) is 11.8 Å². The molecule has 2 fully saturated rings. The van der Waals surface area contributed by atoms with Gasteiger partial charge in [-0.15, -0.1) is 0 Å². The summed E-state index contributed by atoms with van der Waals surface area (Å²) in [6.45, 7) is 0.00452.